The molecule has 0 saturated carbocycles. The smallest absolute Gasteiger partial charge is 0.429 e. The van der Waals surface area contributed by atoms with Crippen molar-refractivity contribution < 1.29 is 27.8 Å². The van der Waals surface area contributed by atoms with Crippen LogP contribution in [0.25, 0.3) is 0 Å². The molecule has 4 N–H and O–H groups in total. The topological polar surface area (TPSA) is 114 Å². The fraction of sp³-hybridized carbons (Fsp3) is 0.500. The highest BCUT2D eigenvalue weighted by molar-refractivity contribution is 6.30. The van der Waals surface area contributed by atoms with Gasteiger partial charge in [0.05, 0.1) is 0 Å². The Kier molecular flexibility index (Phi) is 6.52. The van der Waals surface area contributed by atoms with Gasteiger partial charge in [0.25, 0.3) is 0 Å². The minimum atomic E-state index is -4.70. The summed E-state index contributed by atoms with van der Waals surface area (Å²) in [5, 5.41) is 12.6. The van der Waals surface area contributed by atoms with Crippen molar-refractivity contribution in [3.8, 4) is 5.88 Å². The van der Waals surface area contributed by atoms with E-state index in [1.807, 2.05) is 4.90 Å². The number of anilines is 2. The van der Waals surface area contributed by atoms with E-state index < -0.39 is 24.3 Å². The van der Waals surface area contributed by atoms with E-state index in [-0.39, 0.29) is 22.8 Å². The highest BCUT2D eigenvalue weighted by Gasteiger charge is 2.45. The van der Waals surface area contributed by atoms with Crippen LogP contribution >= 0.6 is 11.6 Å². The quantitative estimate of drug-likeness (QED) is 0.570. The van der Waals surface area contributed by atoms with Crippen LogP contribution in [-0.4, -0.2) is 52.9 Å². The number of carbonyl (C=O) groups is 1. The van der Waals surface area contributed by atoms with Gasteiger partial charge >= 0.3 is 12.1 Å². The average Bonchev–Trinajstić information content (AvgIpc) is 3.16. The van der Waals surface area contributed by atoms with E-state index >= 15 is 0 Å². The van der Waals surface area contributed by atoms with E-state index in [1.165, 1.54) is 31.2 Å². The first-order chi connectivity index (χ1) is 16.0. The number of hydrogen-bond acceptors (Lipinski definition) is 7. The monoisotopic (exact) mass is 499 g/mol. The van der Waals surface area contributed by atoms with Crippen molar-refractivity contribution in [2.45, 2.75) is 44.5 Å². The van der Waals surface area contributed by atoms with Gasteiger partial charge in [0.15, 0.2) is 0 Å². The van der Waals surface area contributed by atoms with Crippen molar-refractivity contribution in [2.75, 3.05) is 30.3 Å². The summed E-state index contributed by atoms with van der Waals surface area (Å²) in [5.74, 6) is -0.977. The summed E-state index contributed by atoms with van der Waals surface area (Å²) in [7, 11) is 0. The predicted octanol–water partition coefficient (Wildman–Crippen LogP) is 3.74. The summed E-state index contributed by atoms with van der Waals surface area (Å²) in [6.45, 7) is 3.26. The van der Waals surface area contributed by atoms with Gasteiger partial charge in [0.1, 0.15) is 11.9 Å². The molecule has 2 aromatic rings. The molecule has 2 fully saturated rings. The van der Waals surface area contributed by atoms with Gasteiger partial charge in [-0.05, 0) is 49.3 Å². The molecular formula is C22H25ClF3N5O3. The molecule has 2 aliphatic rings. The van der Waals surface area contributed by atoms with Gasteiger partial charge in [-0.15, -0.1) is 0 Å². The van der Waals surface area contributed by atoms with Crippen LogP contribution in [0, 0.1) is 12.3 Å². The lowest BCUT2D eigenvalue weighted by Crippen LogP contribution is -2.41. The molecule has 2 aliphatic heterocycles. The van der Waals surface area contributed by atoms with Crippen LogP contribution in [0.1, 0.15) is 36.5 Å². The fourth-order valence-electron chi connectivity index (χ4n) is 4.70. The first kappa shape index (κ1) is 24.3. The molecule has 0 radical (unpaired) electrons. The number of nitrogens with zero attached hydrogens (tertiary/aromatic N) is 3. The van der Waals surface area contributed by atoms with Gasteiger partial charge in [-0.2, -0.15) is 23.1 Å². The van der Waals surface area contributed by atoms with Crippen LogP contribution in [0.15, 0.2) is 24.3 Å². The first-order valence-corrected chi connectivity index (χ1v) is 11.2. The van der Waals surface area contributed by atoms with E-state index in [2.05, 4.69) is 15.3 Å². The Morgan fingerprint density at radius 2 is 2.03 bits per heavy atom. The van der Waals surface area contributed by atoms with Crippen LogP contribution in [0.4, 0.5) is 24.9 Å². The van der Waals surface area contributed by atoms with Crippen LogP contribution in [0.5, 0.6) is 5.88 Å². The lowest BCUT2D eigenvalue weighted by Gasteiger charge is -2.39. The van der Waals surface area contributed by atoms with E-state index in [1.54, 1.807) is 0 Å². The molecular weight excluding hydrogens is 475 g/mol. The molecule has 1 spiro atoms. The maximum Gasteiger partial charge on any atom is 0.429 e. The molecule has 12 heteroatoms. The standard InChI is InChI=1S/C22H25ClF3N5O3/c1-12-8-13(23)2-3-14(12)18(22(24,25)26)34-17-9-16(29-20(27)30-17)31-6-4-21(5-7-31)10-15(19(32)33)28-11-21/h2-3,8-9,15,18,28H,4-7,10-11H2,1H3,(H,32,33)(H2,27,29,30)/t15?,18-/m1/s1. The largest absolute Gasteiger partial charge is 0.480 e. The number of alkyl halides is 3. The van der Waals surface area contributed by atoms with Crippen LogP contribution in [-0.2, 0) is 4.79 Å². The molecule has 0 bridgehead atoms. The predicted molar refractivity (Wildman–Crippen MR) is 120 cm³/mol. The zero-order chi connectivity index (χ0) is 24.7. The minimum Gasteiger partial charge on any atom is -0.480 e. The summed E-state index contributed by atoms with van der Waals surface area (Å²) in [4.78, 5) is 21.2. The molecule has 0 aliphatic carbocycles. The van der Waals surface area contributed by atoms with Gasteiger partial charge in [0.2, 0.25) is 17.9 Å². The van der Waals surface area contributed by atoms with Crippen molar-refractivity contribution in [3.63, 3.8) is 0 Å². The normalized spacial score (nSPS) is 21.0. The van der Waals surface area contributed by atoms with E-state index in [0.717, 1.165) is 12.8 Å². The second-order valence-corrected chi connectivity index (χ2v) is 9.36. The number of halogens is 4. The number of nitrogen functional groups attached to an aromatic ring is 1. The molecule has 2 saturated heterocycles. The Bertz CT molecular complexity index is 1080. The SMILES string of the molecule is Cc1cc(Cl)ccc1[C@@H](Oc1cc(N2CCC3(CC2)CNC(C(=O)O)C3)nc(N)n1)C(F)(F)F. The van der Waals surface area contributed by atoms with Crippen molar-refractivity contribution >= 4 is 29.3 Å². The lowest BCUT2D eigenvalue weighted by molar-refractivity contribution is -0.198. The number of aryl methyl sites for hydroxylation is 1. The summed E-state index contributed by atoms with van der Waals surface area (Å²) >= 11 is 5.89. The van der Waals surface area contributed by atoms with Crippen LogP contribution in [0.2, 0.25) is 5.02 Å². The Morgan fingerprint density at radius 3 is 2.62 bits per heavy atom. The Morgan fingerprint density at radius 1 is 1.32 bits per heavy atom. The number of carboxylic acid groups (broad SMARTS) is 1. The second kappa shape index (κ2) is 9.10. The number of nitrogens with one attached hydrogen (secondary N) is 1. The molecule has 1 aromatic heterocycles. The number of piperidine rings is 1. The van der Waals surface area contributed by atoms with Gasteiger partial charge < -0.3 is 25.8 Å². The van der Waals surface area contributed by atoms with E-state index in [4.69, 9.17) is 22.1 Å². The molecule has 3 heterocycles. The summed E-state index contributed by atoms with van der Waals surface area (Å²) in [6.07, 6.45) is -4.97. The van der Waals surface area contributed by atoms with Crippen molar-refractivity contribution in [3.05, 3.63) is 40.4 Å². The Hall–Kier alpha value is -2.79. The third-order valence-electron chi connectivity index (χ3n) is 6.56. The third-order valence-corrected chi connectivity index (χ3v) is 6.80. The van der Waals surface area contributed by atoms with Crippen LogP contribution < -0.4 is 20.7 Å². The summed E-state index contributed by atoms with van der Waals surface area (Å²) in [6, 6.07) is 4.89. The van der Waals surface area contributed by atoms with Crippen molar-refractivity contribution in [1.29, 1.82) is 0 Å². The Balaban J connectivity index is 1.52. The molecule has 1 aromatic carbocycles. The average molecular weight is 500 g/mol. The van der Waals surface area contributed by atoms with Gasteiger partial charge in [-0.25, -0.2) is 0 Å². The van der Waals surface area contributed by atoms with Crippen molar-refractivity contribution in [2.24, 2.45) is 5.41 Å². The summed E-state index contributed by atoms with van der Waals surface area (Å²) < 4.78 is 47.0. The number of carboxylic acids is 1. The molecule has 0 amide bonds. The first-order valence-electron chi connectivity index (χ1n) is 10.8. The second-order valence-electron chi connectivity index (χ2n) is 8.93. The molecule has 4 rings (SSSR count). The maximum atomic E-state index is 13.9. The maximum absolute atomic E-state index is 13.9. The van der Waals surface area contributed by atoms with E-state index in [0.29, 0.717) is 42.5 Å². The molecule has 8 nitrogen and oxygen atoms in total. The zero-order valence-electron chi connectivity index (χ0n) is 18.4. The molecule has 34 heavy (non-hydrogen) atoms. The molecule has 184 valence electrons. The Labute approximate surface area is 199 Å². The summed E-state index contributed by atoms with van der Waals surface area (Å²) in [5.41, 5.74) is 5.95. The number of ether oxygens (including phenoxy) is 1. The number of aliphatic carboxylic acids is 1. The van der Waals surface area contributed by atoms with Gasteiger partial charge in [-0.3, -0.25) is 4.79 Å². The highest BCUT2D eigenvalue weighted by atomic mass is 35.5. The number of nitrogens with two attached hydrogens (primary N) is 1. The van der Waals surface area contributed by atoms with Gasteiger partial charge in [0, 0.05) is 36.3 Å². The van der Waals surface area contributed by atoms with E-state index in [9.17, 15) is 23.1 Å². The number of aromatic nitrogens is 2. The highest BCUT2D eigenvalue weighted by Crippen LogP contribution is 2.42. The number of rotatable bonds is 5. The number of benzene rings is 1. The minimum absolute atomic E-state index is 0.0720. The van der Waals surface area contributed by atoms with Crippen LogP contribution in [0.3, 0.4) is 0 Å². The third kappa shape index (κ3) is 5.15. The fourth-order valence-corrected chi connectivity index (χ4v) is 4.92. The molecule has 2 atom stereocenters. The van der Waals surface area contributed by atoms with Crippen molar-refractivity contribution in [1.82, 2.24) is 15.3 Å². The molecule has 1 unspecified atom stereocenters. The lowest BCUT2D eigenvalue weighted by atomic mass is 9.76. The zero-order valence-corrected chi connectivity index (χ0v) is 19.2. The number of hydrogen-bond donors (Lipinski definition) is 3. The van der Waals surface area contributed by atoms with Gasteiger partial charge in [-0.1, -0.05) is 17.7 Å².